The zero-order valence-electron chi connectivity index (χ0n) is 15.9. The topological polar surface area (TPSA) is 32.8 Å². The Morgan fingerprint density at radius 3 is 2.27 bits per heavy atom. The van der Waals surface area contributed by atoms with Gasteiger partial charge in [0.05, 0.1) is 6.61 Å². The van der Waals surface area contributed by atoms with Gasteiger partial charge in [0.25, 0.3) is 5.91 Å². The van der Waals surface area contributed by atoms with Gasteiger partial charge in [-0.05, 0) is 54.2 Å². The predicted octanol–water partition coefficient (Wildman–Crippen LogP) is 3.92. The smallest absolute Gasteiger partial charge is 0.253 e. The van der Waals surface area contributed by atoms with Gasteiger partial charge < -0.3 is 14.5 Å². The van der Waals surface area contributed by atoms with Crippen molar-refractivity contribution in [2.75, 3.05) is 45.8 Å². The van der Waals surface area contributed by atoms with Gasteiger partial charge in [-0.2, -0.15) is 0 Å². The first kappa shape index (κ1) is 18.5. The molecule has 26 heavy (non-hydrogen) atoms. The fourth-order valence-corrected chi connectivity index (χ4v) is 3.56. The van der Waals surface area contributed by atoms with Crippen LogP contribution < -0.4 is 4.90 Å². The summed E-state index contributed by atoms with van der Waals surface area (Å²) in [5, 5.41) is 0. The lowest BCUT2D eigenvalue weighted by atomic mass is 9.97. The van der Waals surface area contributed by atoms with Gasteiger partial charge in [-0.3, -0.25) is 4.79 Å². The van der Waals surface area contributed by atoms with E-state index in [1.54, 1.807) is 7.11 Å². The number of benzene rings is 2. The number of likely N-dealkylation sites (tertiary alicyclic amines) is 1. The maximum absolute atomic E-state index is 12.8. The highest BCUT2D eigenvalue weighted by Gasteiger charge is 2.24. The molecule has 1 aliphatic rings. The monoisotopic (exact) mass is 352 g/mol. The van der Waals surface area contributed by atoms with Crippen molar-refractivity contribution >= 4 is 11.6 Å². The Balaban J connectivity index is 1.69. The van der Waals surface area contributed by atoms with E-state index in [1.165, 1.54) is 5.69 Å². The summed E-state index contributed by atoms with van der Waals surface area (Å²) >= 11 is 0. The number of hydrogen-bond acceptors (Lipinski definition) is 3. The van der Waals surface area contributed by atoms with Crippen LogP contribution in [-0.4, -0.2) is 51.7 Å². The fraction of sp³-hybridized carbons (Fsp3) is 0.409. The molecule has 0 N–H and O–H groups in total. The molecule has 1 saturated heterocycles. The summed E-state index contributed by atoms with van der Waals surface area (Å²) in [7, 11) is 5.80. The van der Waals surface area contributed by atoms with Crippen molar-refractivity contribution in [1.82, 2.24) is 4.90 Å². The molecule has 0 radical (unpaired) electrons. The van der Waals surface area contributed by atoms with E-state index in [0.29, 0.717) is 5.92 Å². The van der Waals surface area contributed by atoms with Crippen LogP contribution in [0.4, 0.5) is 5.69 Å². The van der Waals surface area contributed by atoms with Crippen molar-refractivity contribution in [3.8, 4) is 11.1 Å². The molecule has 3 rings (SSSR count). The number of rotatable bonds is 5. The van der Waals surface area contributed by atoms with Gasteiger partial charge >= 0.3 is 0 Å². The average Bonchev–Trinajstić information content (AvgIpc) is 2.68. The Hall–Kier alpha value is -2.33. The molecule has 0 aromatic heterocycles. The van der Waals surface area contributed by atoms with E-state index in [9.17, 15) is 4.79 Å². The maximum Gasteiger partial charge on any atom is 0.253 e. The molecule has 4 heteroatoms. The lowest BCUT2D eigenvalue weighted by Gasteiger charge is -2.32. The summed E-state index contributed by atoms with van der Waals surface area (Å²) < 4.78 is 5.26. The first-order chi connectivity index (χ1) is 12.6. The molecule has 0 saturated carbocycles. The van der Waals surface area contributed by atoms with Crippen molar-refractivity contribution in [2.45, 2.75) is 12.8 Å². The summed E-state index contributed by atoms with van der Waals surface area (Å²) in [6, 6.07) is 16.4. The molecule has 0 unspecified atom stereocenters. The van der Waals surface area contributed by atoms with Crippen LogP contribution in [0, 0.1) is 5.92 Å². The number of carbonyl (C=O) groups is 1. The number of carbonyl (C=O) groups excluding carboxylic acids is 1. The van der Waals surface area contributed by atoms with Gasteiger partial charge in [0.2, 0.25) is 0 Å². The molecule has 4 nitrogen and oxygen atoms in total. The number of anilines is 1. The molecule has 2 aromatic carbocycles. The normalized spacial score (nSPS) is 17.2. The van der Waals surface area contributed by atoms with E-state index in [4.69, 9.17) is 4.74 Å². The molecule has 0 spiro atoms. The van der Waals surface area contributed by atoms with Crippen LogP contribution >= 0.6 is 0 Å². The van der Waals surface area contributed by atoms with Gasteiger partial charge in [0.1, 0.15) is 0 Å². The Morgan fingerprint density at radius 1 is 1.08 bits per heavy atom. The van der Waals surface area contributed by atoms with Crippen molar-refractivity contribution in [3.05, 3.63) is 54.1 Å². The Labute approximate surface area is 156 Å². The lowest BCUT2D eigenvalue weighted by molar-refractivity contribution is 0.0571. The summed E-state index contributed by atoms with van der Waals surface area (Å²) in [6.07, 6.45) is 2.19. The molecule has 1 aliphatic heterocycles. The van der Waals surface area contributed by atoms with E-state index in [-0.39, 0.29) is 5.91 Å². The highest BCUT2D eigenvalue weighted by atomic mass is 16.5. The van der Waals surface area contributed by atoms with Crippen LogP contribution in [0.2, 0.25) is 0 Å². The molecule has 0 aliphatic carbocycles. The van der Waals surface area contributed by atoms with Gasteiger partial charge in [-0.15, -0.1) is 0 Å². The second-order valence-corrected chi connectivity index (χ2v) is 7.23. The summed E-state index contributed by atoms with van der Waals surface area (Å²) in [6.45, 7) is 2.36. The summed E-state index contributed by atoms with van der Waals surface area (Å²) in [5.74, 6) is 0.576. The minimum Gasteiger partial charge on any atom is -0.384 e. The van der Waals surface area contributed by atoms with Crippen molar-refractivity contribution in [1.29, 1.82) is 0 Å². The van der Waals surface area contributed by atoms with E-state index in [0.717, 1.165) is 49.2 Å². The van der Waals surface area contributed by atoms with Crippen molar-refractivity contribution in [2.24, 2.45) is 5.92 Å². The van der Waals surface area contributed by atoms with Crippen LogP contribution in [0.5, 0.6) is 0 Å². The molecular formula is C22H28N2O2. The fourth-order valence-electron chi connectivity index (χ4n) is 3.56. The Bertz CT molecular complexity index is 721. The zero-order chi connectivity index (χ0) is 18.5. The van der Waals surface area contributed by atoms with Crippen LogP contribution in [0.25, 0.3) is 11.1 Å². The van der Waals surface area contributed by atoms with E-state index >= 15 is 0 Å². The van der Waals surface area contributed by atoms with E-state index in [1.807, 2.05) is 43.3 Å². The second-order valence-electron chi connectivity index (χ2n) is 7.23. The largest absolute Gasteiger partial charge is 0.384 e. The maximum atomic E-state index is 12.8. The molecule has 1 fully saturated rings. The number of methoxy groups -OCH3 is 1. The number of ether oxygens (including phenoxy) is 1. The van der Waals surface area contributed by atoms with Gasteiger partial charge in [-0.1, -0.05) is 24.3 Å². The lowest BCUT2D eigenvalue weighted by Crippen LogP contribution is -2.41. The predicted molar refractivity (Wildman–Crippen MR) is 107 cm³/mol. The standard InChI is InChI=1S/C22H28N2O2/c1-23(2)21-12-10-19(11-13-21)18-6-8-20(9-7-18)22(25)24-14-4-5-17(15-24)16-26-3/h6-13,17H,4-5,14-16H2,1-3H3/t17-/m1/s1. The minimum atomic E-state index is 0.125. The average molecular weight is 352 g/mol. The third-order valence-electron chi connectivity index (χ3n) is 5.06. The third-order valence-corrected chi connectivity index (χ3v) is 5.06. The van der Waals surface area contributed by atoms with Gasteiger partial charge in [-0.25, -0.2) is 0 Å². The molecule has 1 atom stereocenters. The quantitative estimate of drug-likeness (QED) is 0.818. The van der Waals surface area contributed by atoms with Crippen molar-refractivity contribution < 1.29 is 9.53 Å². The van der Waals surface area contributed by atoms with Crippen LogP contribution in [0.15, 0.2) is 48.5 Å². The zero-order valence-corrected chi connectivity index (χ0v) is 15.9. The highest BCUT2D eigenvalue weighted by Crippen LogP contribution is 2.24. The summed E-state index contributed by atoms with van der Waals surface area (Å²) in [5.41, 5.74) is 4.23. The number of piperidine rings is 1. The molecule has 1 heterocycles. The molecular weight excluding hydrogens is 324 g/mol. The van der Waals surface area contributed by atoms with Gasteiger partial charge in [0.15, 0.2) is 0 Å². The van der Waals surface area contributed by atoms with Crippen LogP contribution in [0.1, 0.15) is 23.2 Å². The number of hydrogen-bond donors (Lipinski definition) is 0. The summed E-state index contributed by atoms with van der Waals surface area (Å²) in [4.78, 5) is 16.8. The first-order valence-electron chi connectivity index (χ1n) is 9.24. The minimum absolute atomic E-state index is 0.125. The molecule has 138 valence electrons. The van der Waals surface area contributed by atoms with Crippen LogP contribution in [-0.2, 0) is 4.74 Å². The molecule has 2 aromatic rings. The van der Waals surface area contributed by atoms with E-state index in [2.05, 4.69) is 29.2 Å². The number of amides is 1. The first-order valence-corrected chi connectivity index (χ1v) is 9.24. The Morgan fingerprint density at radius 2 is 1.69 bits per heavy atom. The highest BCUT2D eigenvalue weighted by molar-refractivity contribution is 5.94. The Kier molecular flexibility index (Phi) is 5.94. The SMILES string of the molecule is COC[C@@H]1CCCN(C(=O)c2ccc(-c3ccc(N(C)C)cc3)cc2)C1. The molecule has 0 bridgehead atoms. The second kappa shape index (κ2) is 8.37. The number of nitrogens with zero attached hydrogens (tertiary/aromatic N) is 2. The third kappa shape index (κ3) is 4.25. The van der Waals surface area contributed by atoms with E-state index < -0.39 is 0 Å². The van der Waals surface area contributed by atoms with Gasteiger partial charge in [0, 0.05) is 45.5 Å². The van der Waals surface area contributed by atoms with Crippen molar-refractivity contribution in [3.63, 3.8) is 0 Å². The van der Waals surface area contributed by atoms with Crippen LogP contribution in [0.3, 0.4) is 0 Å². The molecule has 1 amide bonds.